The molecule has 0 N–H and O–H groups in total. The topological polar surface area (TPSA) is 86.4 Å². The third-order valence-corrected chi connectivity index (χ3v) is 6.15. The Bertz CT molecular complexity index is 1410. The molecule has 0 saturated heterocycles. The average molecular weight is 451 g/mol. The van der Waals surface area contributed by atoms with Gasteiger partial charge < -0.3 is 9.64 Å². The Labute approximate surface area is 187 Å². The van der Waals surface area contributed by atoms with Crippen LogP contribution >= 0.6 is 11.3 Å². The van der Waals surface area contributed by atoms with Crippen molar-refractivity contribution in [1.82, 2.24) is 19.0 Å². The van der Waals surface area contributed by atoms with E-state index in [9.17, 15) is 14.4 Å². The van der Waals surface area contributed by atoms with E-state index in [1.807, 2.05) is 41.8 Å². The highest BCUT2D eigenvalue weighted by Crippen LogP contribution is 2.23. The Morgan fingerprint density at radius 1 is 1.03 bits per heavy atom. The molecule has 8 nitrogen and oxygen atoms in total. The monoisotopic (exact) mass is 450 g/mol. The van der Waals surface area contributed by atoms with E-state index in [1.54, 1.807) is 29.4 Å². The highest BCUT2D eigenvalue weighted by molar-refractivity contribution is 7.09. The first kappa shape index (κ1) is 21.5. The number of methoxy groups -OCH3 is 1. The summed E-state index contributed by atoms with van der Waals surface area (Å²) < 4.78 is 7.75. The summed E-state index contributed by atoms with van der Waals surface area (Å²) in [6, 6.07) is 14.5. The van der Waals surface area contributed by atoms with Gasteiger partial charge in [0.1, 0.15) is 17.1 Å². The number of para-hydroxylation sites is 1. The Hall–Kier alpha value is -3.72. The van der Waals surface area contributed by atoms with Gasteiger partial charge in [-0.2, -0.15) is 0 Å². The van der Waals surface area contributed by atoms with Crippen LogP contribution in [0.25, 0.3) is 11.0 Å². The van der Waals surface area contributed by atoms with Crippen LogP contribution in [-0.4, -0.2) is 32.0 Å². The number of hydrogen-bond donors (Lipinski definition) is 0. The molecule has 0 aliphatic heterocycles. The number of fused-ring (bicyclic) bond motifs is 1. The van der Waals surface area contributed by atoms with Crippen molar-refractivity contribution in [2.24, 2.45) is 14.1 Å². The Kier molecular flexibility index (Phi) is 5.91. The maximum Gasteiger partial charge on any atom is 0.332 e. The number of amides is 1. The molecule has 0 aliphatic carbocycles. The second-order valence-corrected chi connectivity index (χ2v) is 8.36. The molecule has 3 aromatic heterocycles. The number of aryl methyl sites for hydroxylation is 1. The number of hydrogen-bond acceptors (Lipinski definition) is 6. The predicted octanol–water partition coefficient (Wildman–Crippen LogP) is 2.54. The third kappa shape index (κ3) is 3.94. The number of rotatable bonds is 6. The van der Waals surface area contributed by atoms with Crippen molar-refractivity contribution in [2.45, 2.75) is 13.1 Å². The van der Waals surface area contributed by atoms with E-state index in [0.29, 0.717) is 18.8 Å². The molecule has 3 heterocycles. The average Bonchev–Trinajstić information content (AvgIpc) is 3.33. The van der Waals surface area contributed by atoms with Crippen molar-refractivity contribution in [2.75, 3.05) is 7.11 Å². The largest absolute Gasteiger partial charge is 0.496 e. The first-order valence-corrected chi connectivity index (χ1v) is 10.8. The summed E-state index contributed by atoms with van der Waals surface area (Å²) in [4.78, 5) is 45.4. The summed E-state index contributed by atoms with van der Waals surface area (Å²) in [5, 5.41) is 2.24. The van der Waals surface area contributed by atoms with Crippen LogP contribution in [0.4, 0.5) is 0 Å². The highest BCUT2D eigenvalue weighted by atomic mass is 32.1. The molecule has 0 unspecified atom stereocenters. The van der Waals surface area contributed by atoms with Crippen LogP contribution in [0, 0.1) is 0 Å². The fraction of sp³-hybridized carbons (Fsp3) is 0.217. The smallest absolute Gasteiger partial charge is 0.332 e. The van der Waals surface area contributed by atoms with E-state index in [2.05, 4.69) is 4.98 Å². The second-order valence-electron chi connectivity index (χ2n) is 7.33. The van der Waals surface area contributed by atoms with E-state index in [0.717, 1.165) is 15.0 Å². The molecule has 0 radical (unpaired) electrons. The fourth-order valence-corrected chi connectivity index (χ4v) is 4.28. The summed E-state index contributed by atoms with van der Waals surface area (Å²) in [5.74, 6) is 0.383. The zero-order valence-electron chi connectivity index (χ0n) is 17.9. The van der Waals surface area contributed by atoms with Crippen molar-refractivity contribution in [1.29, 1.82) is 0 Å². The number of thiophene rings is 1. The van der Waals surface area contributed by atoms with Crippen molar-refractivity contribution in [3.05, 3.63) is 90.9 Å². The van der Waals surface area contributed by atoms with Gasteiger partial charge in [-0.05, 0) is 29.6 Å². The van der Waals surface area contributed by atoms with Crippen molar-refractivity contribution < 1.29 is 9.53 Å². The van der Waals surface area contributed by atoms with Crippen LogP contribution in [-0.2, 0) is 27.2 Å². The lowest BCUT2D eigenvalue weighted by Crippen LogP contribution is -2.37. The maximum absolute atomic E-state index is 13.5. The molecule has 0 spiro atoms. The van der Waals surface area contributed by atoms with E-state index < -0.39 is 11.2 Å². The molecular formula is C23H22N4O4S. The molecule has 0 fully saturated rings. The van der Waals surface area contributed by atoms with E-state index in [4.69, 9.17) is 4.74 Å². The second kappa shape index (κ2) is 8.80. The van der Waals surface area contributed by atoms with Crippen molar-refractivity contribution >= 4 is 28.3 Å². The van der Waals surface area contributed by atoms with Gasteiger partial charge in [-0.3, -0.25) is 18.7 Å². The van der Waals surface area contributed by atoms with Gasteiger partial charge in [0.25, 0.3) is 11.5 Å². The molecule has 164 valence electrons. The van der Waals surface area contributed by atoms with E-state index >= 15 is 0 Å². The van der Waals surface area contributed by atoms with E-state index in [1.165, 1.54) is 24.7 Å². The number of carbonyl (C=O) groups excluding carboxylic acids is 1. The molecule has 1 amide bonds. The molecule has 1 aromatic carbocycles. The van der Waals surface area contributed by atoms with Gasteiger partial charge in [0, 0.05) is 24.5 Å². The molecule has 9 heteroatoms. The number of ether oxygens (including phenoxy) is 1. The van der Waals surface area contributed by atoms with Crippen LogP contribution in [0.5, 0.6) is 5.75 Å². The molecular weight excluding hydrogens is 428 g/mol. The van der Waals surface area contributed by atoms with Crippen LogP contribution in [0.3, 0.4) is 0 Å². The molecule has 0 atom stereocenters. The lowest BCUT2D eigenvalue weighted by molar-refractivity contribution is 0.0725. The van der Waals surface area contributed by atoms with Gasteiger partial charge in [0.15, 0.2) is 0 Å². The standard InChI is InChI=1S/C23H22N4O4S/c1-25-20-17(21(28)26(2)23(25)30)10-11-18(24-20)22(29)27(14-16-8-6-12-32-16)13-15-7-4-5-9-19(15)31-3/h4-12H,13-14H2,1-3H3. The molecule has 0 bridgehead atoms. The van der Waals surface area contributed by atoms with Gasteiger partial charge in [-0.1, -0.05) is 24.3 Å². The summed E-state index contributed by atoms with van der Waals surface area (Å²) in [6.45, 7) is 0.708. The highest BCUT2D eigenvalue weighted by Gasteiger charge is 2.21. The minimum atomic E-state index is -0.496. The molecule has 4 aromatic rings. The molecule has 32 heavy (non-hydrogen) atoms. The van der Waals surface area contributed by atoms with Crippen LogP contribution < -0.4 is 16.0 Å². The summed E-state index contributed by atoms with van der Waals surface area (Å²) in [6.07, 6.45) is 0. The van der Waals surface area contributed by atoms with Gasteiger partial charge in [0.05, 0.1) is 25.6 Å². The number of carbonyl (C=O) groups is 1. The lowest BCUT2D eigenvalue weighted by atomic mass is 10.1. The van der Waals surface area contributed by atoms with Crippen LogP contribution in [0.15, 0.2) is 63.5 Å². The van der Waals surface area contributed by atoms with Gasteiger partial charge in [-0.15, -0.1) is 11.3 Å². The molecule has 4 rings (SSSR count). The molecule has 0 saturated carbocycles. The first-order chi connectivity index (χ1) is 15.4. The van der Waals surface area contributed by atoms with Crippen molar-refractivity contribution in [3.8, 4) is 5.75 Å². The zero-order chi connectivity index (χ0) is 22.8. The number of pyridine rings is 1. The lowest BCUT2D eigenvalue weighted by Gasteiger charge is -2.23. The van der Waals surface area contributed by atoms with Gasteiger partial charge in [-0.25, -0.2) is 9.78 Å². The number of benzene rings is 1. The van der Waals surface area contributed by atoms with Crippen LogP contribution in [0.1, 0.15) is 20.9 Å². The normalized spacial score (nSPS) is 11.0. The van der Waals surface area contributed by atoms with Gasteiger partial charge >= 0.3 is 5.69 Å². The Morgan fingerprint density at radius 3 is 2.53 bits per heavy atom. The quantitative estimate of drug-likeness (QED) is 0.451. The van der Waals surface area contributed by atoms with Crippen molar-refractivity contribution in [3.63, 3.8) is 0 Å². The summed E-state index contributed by atoms with van der Waals surface area (Å²) >= 11 is 1.56. The molecule has 0 aliphatic rings. The minimum absolute atomic E-state index is 0.159. The number of aromatic nitrogens is 3. The van der Waals surface area contributed by atoms with Crippen LogP contribution in [0.2, 0.25) is 0 Å². The Balaban J connectivity index is 1.77. The summed E-state index contributed by atoms with van der Waals surface area (Å²) in [5.41, 5.74) is 0.259. The predicted molar refractivity (Wildman–Crippen MR) is 123 cm³/mol. The van der Waals surface area contributed by atoms with E-state index in [-0.39, 0.29) is 22.6 Å². The van der Waals surface area contributed by atoms with Gasteiger partial charge in [0.2, 0.25) is 0 Å². The Morgan fingerprint density at radius 2 is 1.81 bits per heavy atom. The SMILES string of the molecule is COc1ccccc1CN(Cc1cccs1)C(=O)c1ccc2c(=O)n(C)c(=O)n(C)c2n1. The minimum Gasteiger partial charge on any atom is -0.496 e. The first-order valence-electron chi connectivity index (χ1n) is 9.91. The zero-order valence-corrected chi connectivity index (χ0v) is 18.8. The third-order valence-electron chi connectivity index (χ3n) is 5.29. The fourth-order valence-electron chi connectivity index (χ4n) is 3.56. The summed E-state index contributed by atoms with van der Waals surface area (Å²) in [7, 11) is 4.54. The number of nitrogens with zero attached hydrogens (tertiary/aromatic N) is 4. The maximum atomic E-state index is 13.5.